The van der Waals surface area contributed by atoms with Crippen molar-refractivity contribution in [1.82, 2.24) is 4.72 Å². The summed E-state index contributed by atoms with van der Waals surface area (Å²) in [5, 5.41) is 2.98. The van der Waals surface area contributed by atoms with E-state index in [1.807, 2.05) is 6.92 Å². The second-order valence-corrected chi connectivity index (χ2v) is 7.23. The Hall–Kier alpha value is -2.09. The van der Waals surface area contributed by atoms with Crippen LogP contribution in [0.3, 0.4) is 0 Å². The van der Waals surface area contributed by atoms with Crippen LogP contribution >= 0.6 is 11.6 Å². The molecule has 8 heteroatoms. The van der Waals surface area contributed by atoms with Crippen LogP contribution in [-0.2, 0) is 14.8 Å². The molecule has 0 saturated heterocycles. The molecule has 2 aromatic rings. The van der Waals surface area contributed by atoms with E-state index >= 15 is 0 Å². The van der Waals surface area contributed by atoms with Gasteiger partial charge in [-0.05, 0) is 37.3 Å². The number of anilines is 1. The highest BCUT2D eigenvalue weighted by Gasteiger charge is 2.16. The highest BCUT2D eigenvalue weighted by Crippen LogP contribution is 2.27. The minimum atomic E-state index is -3.76. The zero-order chi connectivity index (χ0) is 17.7. The van der Waals surface area contributed by atoms with Gasteiger partial charge in [-0.3, -0.25) is 4.79 Å². The van der Waals surface area contributed by atoms with Crippen molar-refractivity contribution < 1.29 is 17.9 Å². The summed E-state index contributed by atoms with van der Waals surface area (Å²) in [4.78, 5) is 12.1. The number of aryl methyl sites for hydroxylation is 1. The quantitative estimate of drug-likeness (QED) is 0.820. The number of sulfonamides is 1. The average Bonchev–Trinajstić information content (AvgIpc) is 2.54. The molecule has 2 rings (SSSR count). The first-order valence-electron chi connectivity index (χ1n) is 7.01. The molecule has 2 N–H and O–H groups in total. The van der Waals surface area contributed by atoms with Gasteiger partial charge in [-0.1, -0.05) is 29.3 Å². The molecule has 0 aliphatic carbocycles. The van der Waals surface area contributed by atoms with E-state index in [-0.39, 0.29) is 4.90 Å². The van der Waals surface area contributed by atoms with Crippen LogP contribution in [0.25, 0.3) is 0 Å². The predicted octanol–water partition coefficient (Wildman–Crippen LogP) is 2.57. The van der Waals surface area contributed by atoms with Gasteiger partial charge in [0, 0.05) is 5.02 Å². The fourth-order valence-corrected chi connectivity index (χ4v) is 3.09. The van der Waals surface area contributed by atoms with E-state index in [2.05, 4.69) is 10.0 Å². The number of amides is 1. The Labute approximate surface area is 145 Å². The average molecular weight is 369 g/mol. The lowest BCUT2D eigenvalue weighted by Crippen LogP contribution is -2.33. The van der Waals surface area contributed by atoms with Crippen molar-refractivity contribution in [3.05, 3.63) is 53.1 Å². The first-order chi connectivity index (χ1) is 11.3. The number of carbonyl (C=O) groups excluding carboxylic acids is 1. The molecule has 0 atom stereocenters. The van der Waals surface area contributed by atoms with Crippen LogP contribution in [0.5, 0.6) is 5.75 Å². The largest absolute Gasteiger partial charge is 0.495 e. The third kappa shape index (κ3) is 4.70. The molecule has 0 radical (unpaired) electrons. The molecular formula is C16H17ClN2O4S. The molecular weight excluding hydrogens is 352 g/mol. The number of benzene rings is 2. The highest BCUT2D eigenvalue weighted by atomic mass is 35.5. The van der Waals surface area contributed by atoms with Crippen molar-refractivity contribution in [1.29, 1.82) is 0 Å². The second-order valence-electron chi connectivity index (χ2n) is 5.03. The van der Waals surface area contributed by atoms with Crippen molar-refractivity contribution in [3.63, 3.8) is 0 Å². The van der Waals surface area contributed by atoms with Crippen LogP contribution in [0.15, 0.2) is 47.4 Å². The van der Waals surface area contributed by atoms with Gasteiger partial charge in [0.25, 0.3) is 0 Å². The van der Waals surface area contributed by atoms with Crippen molar-refractivity contribution in [2.75, 3.05) is 19.0 Å². The van der Waals surface area contributed by atoms with Gasteiger partial charge in [0.15, 0.2) is 0 Å². The smallest absolute Gasteiger partial charge is 0.241 e. The molecule has 0 spiro atoms. The predicted molar refractivity (Wildman–Crippen MR) is 93.0 cm³/mol. The molecule has 2 aromatic carbocycles. The van der Waals surface area contributed by atoms with Crippen molar-refractivity contribution in [3.8, 4) is 5.75 Å². The maximum absolute atomic E-state index is 12.1. The van der Waals surface area contributed by atoms with Crippen LogP contribution in [0.4, 0.5) is 5.69 Å². The lowest BCUT2D eigenvalue weighted by molar-refractivity contribution is -0.115. The Balaban J connectivity index is 2.03. The number of carbonyl (C=O) groups is 1. The van der Waals surface area contributed by atoms with Crippen LogP contribution in [-0.4, -0.2) is 28.0 Å². The summed E-state index contributed by atoms with van der Waals surface area (Å²) in [6.07, 6.45) is 0. The lowest BCUT2D eigenvalue weighted by atomic mass is 10.2. The molecule has 6 nitrogen and oxygen atoms in total. The molecule has 0 fully saturated rings. The molecule has 0 aliphatic rings. The van der Waals surface area contributed by atoms with Gasteiger partial charge in [0.05, 0.1) is 24.2 Å². The van der Waals surface area contributed by atoms with Gasteiger partial charge >= 0.3 is 0 Å². The first-order valence-corrected chi connectivity index (χ1v) is 8.87. The van der Waals surface area contributed by atoms with E-state index in [1.165, 1.54) is 25.3 Å². The van der Waals surface area contributed by atoms with Crippen LogP contribution < -0.4 is 14.8 Å². The van der Waals surface area contributed by atoms with Gasteiger partial charge in [-0.2, -0.15) is 0 Å². The maximum Gasteiger partial charge on any atom is 0.241 e. The molecule has 128 valence electrons. The molecule has 0 aromatic heterocycles. The Bertz CT molecular complexity index is 836. The molecule has 1 amide bonds. The molecule has 24 heavy (non-hydrogen) atoms. The molecule has 0 aliphatic heterocycles. The van der Waals surface area contributed by atoms with E-state index in [4.69, 9.17) is 16.3 Å². The van der Waals surface area contributed by atoms with Crippen LogP contribution in [0, 0.1) is 6.92 Å². The Morgan fingerprint density at radius 2 is 1.83 bits per heavy atom. The zero-order valence-corrected chi connectivity index (χ0v) is 14.7. The summed E-state index contributed by atoms with van der Waals surface area (Å²) < 4.78 is 31.6. The van der Waals surface area contributed by atoms with E-state index < -0.39 is 22.5 Å². The molecule has 0 heterocycles. The van der Waals surface area contributed by atoms with Crippen LogP contribution in [0.2, 0.25) is 5.02 Å². The third-order valence-corrected chi connectivity index (χ3v) is 4.84. The van der Waals surface area contributed by atoms with Gasteiger partial charge in [0.1, 0.15) is 5.75 Å². The number of hydrogen-bond acceptors (Lipinski definition) is 4. The lowest BCUT2D eigenvalue weighted by Gasteiger charge is -2.11. The number of ether oxygens (including phenoxy) is 1. The number of hydrogen-bond donors (Lipinski definition) is 2. The highest BCUT2D eigenvalue weighted by molar-refractivity contribution is 7.89. The van der Waals surface area contributed by atoms with E-state index in [0.29, 0.717) is 16.5 Å². The van der Waals surface area contributed by atoms with Gasteiger partial charge in [0.2, 0.25) is 15.9 Å². The SMILES string of the molecule is COc1ccc(Cl)cc1NC(=O)CNS(=O)(=O)c1ccc(C)cc1. The summed E-state index contributed by atoms with van der Waals surface area (Å²) in [5.74, 6) is -0.111. The topological polar surface area (TPSA) is 84.5 Å². The van der Waals surface area contributed by atoms with Crippen molar-refractivity contribution in [2.45, 2.75) is 11.8 Å². The summed E-state index contributed by atoms with van der Waals surface area (Å²) in [5.41, 5.74) is 1.31. The molecule has 0 saturated carbocycles. The zero-order valence-electron chi connectivity index (χ0n) is 13.2. The van der Waals surface area contributed by atoms with Gasteiger partial charge in [-0.15, -0.1) is 0 Å². The summed E-state index contributed by atoms with van der Waals surface area (Å²) in [6, 6.07) is 11.1. The second kappa shape index (κ2) is 7.65. The standard InChI is InChI=1S/C16H17ClN2O4S/c1-11-3-6-13(7-4-11)24(21,22)18-10-16(20)19-14-9-12(17)5-8-15(14)23-2/h3-9,18H,10H2,1-2H3,(H,19,20). The minimum Gasteiger partial charge on any atom is -0.495 e. The Morgan fingerprint density at radius 3 is 2.46 bits per heavy atom. The van der Waals surface area contributed by atoms with Gasteiger partial charge in [-0.25, -0.2) is 13.1 Å². The summed E-state index contributed by atoms with van der Waals surface area (Å²) in [7, 11) is -2.30. The number of nitrogens with one attached hydrogen (secondary N) is 2. The monoisotopic (exact) mass is 368 g/mol. The fraction of sp³-hybridized carbons (Fsp3) is 0.188. The summed E-state index contributed by atoms with van der Waals surface area (Å²) in [6.45, 7) is 1.45. The molecule has 0 unspecified atom stereocenters. The summed E-state index contributed by atoms with van der Waals surface area (Å²) >= 11 is 5.88. The Morgan fingerprint density at radius 1 is 1.17 bits per heavy atom. The number of halogens is 1. The Kier molecular flexibility index (Phi) is 5.82. The van der Waals surface area contributed by atoms with Crippen molar-refractivity contribution >= 4 is 33.2 Å². The molecule has 0 bridgehead atoms. The van der Waals surface area contributed by atoms with Crippen molar-refractivity contribution in [2.24, 2.45) is 0 Å². The third-order valence-electron chi connectivity index (χ3n) is 3.19. The fourth-order valence-electron chi connectivity index (χ4n) is 1.93. The first kappa shape index (κ1) is 18.3. The number of rotatable bonds is 6. The van der Waals surface area contributed by atoms with E-state index in [0.717, 1.165) is 5.56 Å². The van der Waals surface area contributed by atoms with Gasteiger partial charge < -0.3 is 10.1 Å². The van der Waals surface area contributed by atoms with Crippen LogP contribution in [0.1, 0.15) is 5.56 Å². The van der Waals surface area contributed by atoms with E-state index in [1.54, 1.807) is 24.3 Å². The normalized spacial score (nSPS) is 11.1. The number of methoxy groups -OCH3 is 1. The van der Waals surface area contributed by atoms with E-state index in [9.17, 15) is 13.2 Å². The minimum absolute atomic E-state index is 0.0984. The maximum atomic E-state index is 12.1.